The van der Waals surface area contributed by atoms with Crippen LogP contribution in [0.4, 0.5) is 4.39 Å². The topological polar surface area (TPSA) is 71.1 Å². The van der Waals surface area contributed by atoms with Gasteiger partial charge in [-0.25, -0.2) is 9.37 Å². The predicted molar refractivity (Wildman–Crippen MR) is 98.5 cm³/mol. The molecule has 0 saturated carbocycles. The Morgan fingerprint density at radius 1 is 0.923 bits per heavy atom. The van der Waals surface area contributed by atoms with E-state index in [-0.39, 0.29) is 11.5 Å². The maximum absolute atomic E-state index is 13.7. The van der Waals surface area contributed by atoms with Crippen LogP contribution in [0.3, 0.4) is 0 Å². The molecule has 0 aliphatic heterocycles. The summed E-state index contributed by atoms with van der Waals surface area (Å²) in [5.41, 5.74) is 5.54. The zero-order chi connectivity index (χ0) is 18.1. The third-order valence-corrected chi connectivity index (χ3v) is 4.95. The van der Waals surface area contributed by atoms with Gasteiger partial charge in [0.2, 0.25) is 0 Å². The molecule has 5 nitrogen and oxygen atoms in total. The lowest BCUT2D eigenvalue weighted by atomic mass is 10.2. The molecule has 0 unspecified atom stereocenters. The number of nitrogens with one attached hydrogen (secondary N) is 2. The first-order chi connectivity index (χ1) is 12.6. The zero-order valence-corrected chi connectivity index (χ0v) is 14.1. The van der Waals surface area contributed by atoms with Gasteiger partial charge in [-0.3, -0.25) is 20.4 Å². The molecule has 4 aromatic rings. The summed E-state index contributed by atoms with van der Waals surface area (Å²) < 4.78 is 14.4. The highest BCUT2D eigenvalue weighted by Gasteiger charge is 2.14. The summed E-state index contributed by atoms with van der Waals surface area (Å²) in [6.45, 7) is 0. The monoisotopic (exact) mass is 365 g/mol. The highest BCUT2D eigenvalue weighted by Crippen LogP contribution is 2.27. The van der Waals surface area contributed by atoms with Crippen LogP contribution < -0.4 is 10.9 Å². The van der Waals surface area contributed by atoms with Crippen LogP contribution in [0, 0.1) is 5.82 Å². The number of hydrazine groups is 1. The van der Waals surface area contributed by atoms with E-state index in [0.717, 1.165) is 16.7 Å². The Morgan fingerprint density at radius 2 is 1.73 bits per heavy atom. The SMILES string of the molecule is O=C(NNC(=O)c1cc2c(F)cccc2s1)c1ccc2ccccc2n1. The second-order valence-electron chi connectivity index (χ2n) is 5.56. The van der Waals surface area contributed by atoms with Gasteiger partial charge in [0.1, 0.15) is 11.5 Å². The first-order valence-electron chi connectivity index (χ1n) is 7.76. The molecule has 4 rings (SSSR count). The van der Waals surface area contributed by atoms with Gasteiger partial charge >= 0.3 is 0 Å². The Bertz CT molecular complexity index is 1160. The van der Waals surface area contributed by atoms with Crippen LogP contribution in [0.2, 0.25) is 0 Å². The smallest absolute Gasteiger partial charge is 0.266 e. The van der Waals surface area contributed by atoms with Crippen molar-refractivity contribution in [3.8, 4) is 0 Å². The summed E-state index contributed by atoms with van der Waals surface area (Å²) in [7, 11) is 0. The number of nitrogens with zero attached hydrogens (tertiary/aromatic N) is 1. The number of fused-ring (bicyclic) bond motifs is 2. The molecular formula is C19H12FN3O2S. The van der Waals surface area contributed by atoms with Gasteiger partial charge in [0.15, 0.2) is 0 Å². The Kier molecular flexibility index (Phi) is 4.06. The number of thiophene rings is 1. The first kappa shape index (κ1) is 16.2. The van der Waals surface area contributed by atoms with E-state index in [9.17, 15) is 14.0 Å². The Morgan fingerprint density at radius 3 is 2.58 bits per heavy atom. The minimum Gasteiger partial charge on any atom is -0.266 e. The number of benzene rings is 2. The normalized spacial score (nSPS) is 10.8. The number of para-hydroxylation sites is 1. The summed E-state index contributed by atoms with van der Waals surface area (Å²) in [5, 5.41) is 1.30. The van der Waals surface area contributed by atoms with Gasteiger partial charge < -0.3 is 0 Å². The number of carbonyl (C=O) groups excluding carboxylic acids is 2. The van der Waals surface area contributed by atoms with Crippen molar-refractivity contribution in [2.75, 3.05) is 0 Å². The van der Waals surface area contributed by atoms with Gasteiger partial charge in [0.25, 0.3) is 11.8 Å². The van der Waals surface area contributed by atoms with Gasteiger partial charge in [-0.05, 0) is 30.3 Å². The molecular weight excluding hydrogens is 353 g/mol. The van der Waals surface area contributed by atoms with E-state index >= 15 is 0 Å². The highest BCUT2D eigenvalue weighted by molar-refractivity contribution is 7.20. The standard InChI is InChI=1S/C19H12FN3O2S/c20-13-5-3-7-16-12(13)10-17(26-16)19(25)23-22-18(24)15-9-8-11-4-1-2-6-14(11)21-15/h1-10H,(H,22,24)(H,23,25). The van der Waals surface area contributed by atoms with Crippen LogP contribution in [0.5, 0.6) is 0 Å². The third-order valence-electron chi connectivity index (χ3n) is 3.85. The predicted octanol–water partition coefficient (Wildman–Crippen LogP) is 3.66. The van der Waals surface area contributed by atoms with Gasteiger partial charge in [0, 0.05) is 15.5 Å². The minimum atomic E-state index is -0.531. The van der Waals surface area contributed by atoms with Crippen molar-refractivity contribution in [3.05, 3.63) is 77.1 Å². The van der Waals surface area contributed by atoms with E-state index in [4.69, 9.17) is 0 Å². The molecule has 128 valence electrons. The van der Waals surface area contributed by atoms with E-state index in [2.05, 4.69) is 15.8 Å². The van der Waals surface area contributed by atoms with Gasteiger partial charge in [-0.15, -0.1) is 11.3 Å². The largest absolute Gasteiger partial charge is 0.288 e. The molecule has 2 amide bonds. The first-order valence-corrected chi connectivity index (χ1v) is 8.58. The van der Waals surface area contributed by atoms with Gasteiger partial charge in [-0.2, -0.15) is 0 Å². The van der Waals surface area contributed by atoms with Gasteiger partial charge in [-0.1, -0.05) is 30.3 Å². The number of hydrogen-bond acceptors (Lipinski definition) is 4. The number of amides is 2. The minimum absolute atomic E-state index is 0.186. The summed E-state index contributed by atoms with van der Waals surface area (Å²) in [5.74, 6) is -1.43. The van der Waals surface area contributed by atoms with Crippen LogP contribution in [0.1, 0.15) is 20.2 Å². The molecule has 2 aromatic heterocycles. The molecule has 2 N–H and O–H groups in total. The Hall–Kier alpha value is -3.32. The Balaban J connectivity index is 1.48. The summed E-state index contributed by atoms with van der Waals surface area (Å²) >= 11 is 1.15. The molecule has 2 heterocycles. The molecule has 0 aliphatic rings. The van der Waals surface area contributed by atoms with Crippen molar-refractivity contribution in [2.24, 2.45) is 0 Å². The zero-order valence-electron chi connectivity index (χ0n) is 13.3. The number of pyridine rings is 1. The highest BCUT2D eigenvalue weighted by atomic mass is 32.1. The fraction of sp³-hybridized carbons (Fsp3) is 0. The average Bonchev–Trinajstić information content (AvgIpc) is 3.11. The molecule has 26 heavy (non-hydrogen) atoms. The lowest BCUT2D eigenvalue weighted by Gasteiger charge is -2.06. The third kappa shape index (κ3) is 3.00. The van der Waals surface area contributed by atoms with Crippen LogP contribution in [-0.2, 0) is 0 Å². The Labute approximate surface area is 151 Å². The van der Waals surface area contributed by atoms with E-state index in [1.165, 1.54) is 12.1 Å². The molecule has 0 radical (unpaired) electrons. The maximum Gasteiger partial charge on any atom is 0.288 e. The molecule has 0 atom stereocenters. The van der Waals surface area contributed by atoms with Crippen LogP contribution in [0.25, 0.3) is 21.0 Å². The van der Waals surface area contributed by atoms with Gasteiger partial charge in [0.05, 0.1) is 10.4 Å². The quantitative estimate of drug-likeness (QED) is 0.533. The number of halogens is 1. The van der Waals surface area contributed by atoms with Crippen molar-refractivity contribution in [3.63, 3.8) is 0 Å². The van der Waals surface area contributed by atoms with Crippen molar-refractivity contribution in [2.45, 2.75) is 0 Å². The molecule has 0 aliphatic carbocycles. The fourth-order valence-corrected chi connectivity index (χ4v) is 3.54. The molecule has 0 fully saturated rings. The summed E-state index contributed by atoms with van der Waals surface area (Å²) in [6.07, 6.45) is 0. The molecule has 0 bridgehead atoms. The maximum atomic E-state index is 13.7. The van der Waals surface area contributed by atoms with Crippen molar-refractivity contribution < 1.29 is 14.0 Å². The molecule has 0 saturated heterocycles. The van der Waals surface area contributed by atoms with E-state index in [0.29, 0.717) is 20.5 Å². The number of rotatable bonds is 2. The average molecular weight is 365 g/mol. The fourth-order valence-electron chi connectivity index (χ4n) is 2.57. The second-order valence-corrected chi connectivity index (χ2v) is 6.64. The van der Waals surface area contributed by atoms with Crippen molar-refractivity contribution in [1.29, 1.82) is 0 Å². The second kappa shape index (κ2) is 6.53. The van der Waals surface area contributed by atoms with Crippen LogP contribution >= 0.6 is 11.3 Å². The lowest BCUT2D eigenvalue weighted by molar-refractivity contribution is 0.0846. The molecule has 7 heteroatoms. The van der Waals surface area contributed by atoms with Crippen molar-refractivity contribution >= 4 is 44.1 Å². The van der Waals surface area contributed by atoms with E-state index < -0.39 is 11.8 Å². The number of hydrogen-bond donors (Lipinski definition) is 2. The van der Waals surface area contributed by atoms with Crippen LogP contribution in [0.15, 0.2) is 60.7 Å². The molecule has 0 spiro atoms. The van der Waals surface area contributed by atoms with E-state index in [1.807, 2.05) is 18.2 Å². The lowest BCUT2D eigenvalue weighted by Crippen LogP contribution is -2.41. The number of aromatic nitrogens is 1. The molecule has 2 aromatic carbocycles. The summed E-state index contributed by atoms with van der Waals surface area (Å²) in [6, 6.07) is 16.9. The number of carbonyl (C=O) groups is 2. The van der Waals surface area contributed by atoms with Crippen molar-refractivity contribution in [1.82, 2.24) is 15.8 Å². The van der Waals surface area contributed by atoms with Crippen LogP contribution in [-0.4, -0.2) is 16.8 Å². The summed E-state index contributed by atoms with van der Waals surface area (Å²) in [4.78, 5) is 29.0. The van der Waals surface area contributed by atoms with E-state index in [1.54, 1.807) is 30.3 Å².